The molecule has 0 spiro atoms. The van der Waals surface area contributed by atoms with Crippen molar-refractivity contribution in [2.75, 3.05) is 0 Å². The van der Waals surface area contributed by atoms with Crippen LogP contribution in [0.25, 0.3) is 0 Å². The Morgan fingerprint density at radius 1 is 1.00 bits per heavy atom. The fourth-order valence-corrected chi connectivity index (χ4v) is 2.14. The van der Waals surface area contributed by atoms with Gasteiger partial charge in [0.15, 0.2) is 11.0 Å². The number of halogens is 2. The van der Waals surface area contributed by atoms with Crippen LogP contribution in [-0.2, 0) is 0 Å². The highest BCUT2D eigenvalue weighted by Crippen LogP contribution is 2.21. The second-order valence-electron chi connectivity index (χ2n) is 4.51. The number of nitrogens with two attached hydrogens (primary N) is 1. The smallest absolute Gasteiger partial charge is 0.167 e. The maximum atomic E-state index is 5.87. The molecule has 1 aromatic heterocycles. The van der Waals surface area contributed by atoms with Gasteiger partial charge >= 0.3 is 0 Å². The molecule has 0 saturated carbocycles. The monoisotopic (exact) mass is 332 g/mol. The molecule has 2 heterocycles. The number of aromatic nitrogens is 2. The summed E-state index contributed by atoms with van der Waals surface area (Å²) in [6.45, 7) is 0. The summed E-state index contributed by atoms with van der Waals surface area (Å²) in [5, 5.41) is 16.6. The van der Waals surface area contributed by atoms with E-state index in [1.807, 2.05) is 12.1 Å². The zero-order valence-corrected chi connectivity index (χ0v) is 12.7. The van der Waals surface area contributed by atoms with Crippen LogP contribution in [-0.4, -0.2) is 28.1 Å². The number of benzene rings is 1. The lowest BCUT2D eigenvalue weighted by Crippen LogP contribution is -2.25. The summed E-state index contributed by atoms with van der Waals surface area (Å²) in [5.41, 5.74) is 7.35. The zero-order valence-electron chi connectivity index (χ0n) is 11.2. The molecule has 1 aromatic carbocycles. The minimum Gasteiger partial charge on any atom is -0.385 e. The highest BCUT2D eigenvalue weighted by Gasteiger charge is 2.28. The van der Waals surface area contributed by atoms with E-state index in [-0.39, 0.29) is 0 Å². The number of hydrogen-bond donors (Lipinski definition) is 1. The van der Waals surface area contributed by atoms with Crippen molar-refractivity contribution in [3.63, 3.8) is 0 Å². The Labute approximate surface area is 136 Å². The van der Waals surface area contributed by atoms with Crippen molar-refractivity contribution in [2.45, 2.75) is 5.92 Å². The molecule has 2 aromatic rings. The number of aliphatic imine (C=N–C) groups is 1. The lowest BCUT2D eigenvalue weighted by atomic mass is 10.0. The minimum atomic E-state index is -0.423. The van der Waals surface area contributed by atoms with Crippen molar-refractivity contribution >= 4 is 41.1 Å². The summed E-state index contributed by atoms with van der Waals surface area (Å²) in [6.07, 6.45) is 1.67. The predicted molar refractivity (Wildman–Crippen MR) is 87.9 cm³/mol. The summed E-state index contributed by atoms with van der Waals surface area (Å²) < 4.78 is 0. The first kappa shape index (κ1) is 14.6. The Kier molecular flexibility index (Phi) is 4.13. The molecule has 2 N–H and O–H groups in total. The van der Waals surface area contributed by atoms with Crippen LogP contribution in [0, 0.1) is 0 Å². The van der Waals surface area contributed by atoms with Gasteiger partial charge in [-0.15, -0.1) is 15.3 Å². The SMILES string of the molecule is NC1=NN=C(N=Cc2ccc(Cl)cc2)C1c1ccc(Cl)nn1. The summed E-state index contributed by atoms with van der Waals surface area (Å²) in [4.78, 5) is 4.34. The molecule has 6 nitrogen and oxygen atoms in total. The first-order valence-corrected chi connectivity index (χ1v) is 7.09. The van der Waals surface area contributed by atoms with Crippen molar-refractivity contribution in [1.82, 2.24) is 10.2 Å². The Balaban J connectivity index is 1.84. The standard InChI is InChI=1S/C14H10Cl2N6/c15-9-3-1-8(2-4-9)7-18-14-12(13(17)21-22-14)10-5-6-11(16)20-19-10/h1-7,12H,(H2,17,21). The van der Waals surface area contributed by atoms with Gasteiger partial charge in [-0.2, -0.15) is 5.10 Å². The van der Waals surface area contributed by atoms with Crippen LogP contribution in [0.2, 0.25) is 10.2 Å². The summed E-state index contributed by atoms with van der Waals surface area (Å²) >= 11 is 11.6. The molecule has 1 aliphatic heterocycles. The van der Waals surface area contributed by atoms with E-state index in [4.69, 9.17) is 28.9 Å². The number of nitrogens with zero attached hydrogens (tertiary/aromatic N) is 5. The van der Waals surface area contributed by atoms with E-state index in [1.165, 1.54) is 0 Å². The first-order chi connectivity index (χ1) is 10.6. The van der Waals surface area contributed by atoms with Crippen molar-refractivity contribution in [3.8, 4) is 0 Å². The first-order valence-electron chi connectivity index (χ1n) is 6.33. The van der Waals surface area contributed by atoms with Crippen LogP contribution in [0.3, 0.4) is 0 Å². The number of hydrogen-bond acceptors (Lipinski definition) is 6. The maximum Gasteiger partial charge on any atom is 0.167 e. The molecular weight excluding hydrogens is 323 g/mol. The van der Waals surface area contributed by atoms with E-state index in [0.717, 1.165) is 5.56 Å². The highest BCUT2D eigenvalue weighted by molar-refractivity contribution is 6.30. The van der Waals surface area contributed by atoms with E-state index >= 15 is 0 Å². The predicted octanol–water partition coefficient (Wildman–Crippen LogP) is 2.67. The molecule has 0 aliphatic carbocycles. The third kappa shape index (κ3) is 3.13. The van der Waals surface area contributed by atoms with Crippen molar-refractivity contribution < 1.29 is 0 Å². The molecule has 22 heavy (non-hydrogen) atoms. The zero-order chi connectivity index (χ0) is 15.5. The van der Waals surface area contributed by atoms with Gasteiger partial charge in [0.2, 0.25) is 0 Å². The number of rotatable bonds is 2. The van der Waals surface area contributed by atoms with Gasteiger partial charge in [-0.1, -0.05) is 35.3 Å². The fraction of sp³-hybridized carbons (Fsp3) is 0.0714. The van der Waals surface area contributed by atoms with Crippen LogP contribution in [0.4, 0.5) is 0 Å². The Bertz CT molecular complexity index is 765. The van der Waals surface area contributed by atoms with E-state index < -0.39 is 5.92 Å². The van der Waals surface area contributed by atoms with Gasteiger partial charge in [0.25, 0.3) is 0 Å². The van der Waals surface area contributed by atoms with E-state index in [9.17, 15) is 0 Å². The van der Waals surface area contributed by atoms with Gasteiger partial charge in [0.05, 0.1) is 5.69 Å². The molecular formula is C14H10Cl2N6. The lowest BCUT2D eigenvalue weighted by Gasteiger charge is -2.08. The van der Waals surface area contributed by atoms with E-state index in [1.54, 1.807) is 30.5 Å². The van der Waals surface area contributed by atoms with Gasteiger partial charge in [-0.25, -0.2) is 4.99 Å². The molecule has 0 amide bonds. The van der Waals surface area contributed by atoms with Crippen LogP contribution < -0.4 is 5.73 Å². The summed E-state index contributed by atoms with van der Waals surface area (Å²) in [5.74, 6) is 0.345. The molecule has 1 atom stereocenters. The largest absolute Gasteiger partial charge is 0.385 e. The third-order valence-electron chi connectivity index (χ3n) is 2.99. The molecule has 1 aliphatic rings. The lowest BCUT2D eigenvalue weighted by molar-refractivity contribution is 0.934. The maximum absolute atomic E-state index is 5.87. The normalized spacial score (nSPS) is 17.6. The quantitative estimate of drug-likeness (QED) is 0.857. The second kappa shape index (κ2) is 6.21. The fourth-order valence-electron chi connectivity index (χ4n) is 1.91. The molecule has 0 radical (unpaired) electrons. The molecule has 110 valence electrons. The van der Waals surface area contributed by atoms with Gasteiger partial charge in [-0.3, -0.25) is 0 Å². The minimum absolute atomic E-state index is 0.306. The van der Waals surface area contributed by atoms with Crippen molar-refractivity contribution in [1.29, 1.82) is 0 Å². The van der Waals surface area contributed by atoms with E-state index in [2.05, 4.69) is 25.4 Å². The Morgan fingerprint density at radius 2 is 1.77 bits per heavy atom. The van der Waals surface area contributed by atoms with Gasteiger partial charge in [-0.05, 0) is 29.8 Å². The van der Waals surface area contributed by atoms with Crippen LogP contribution in [0.1, 0.15) is 17.2 Å². The van der Waals surface area contributed by atoms with Crippen LogP contribution in [0.5, 0.6) is 0 Å². The van der Waals surface area contributed by atoms with Gasteiger partial charge in [0, 0.05) is 11.2 Å². The molecule has 1 unspecified atom stereocenters. The molecule has 8 heteroatoms. The van der Waals surface area contributed by atoms with Crippen LogP contribution in [0.15, 0.2) is 51.6 Å². The Hall–Kier alpha value is -2.31. The van der Waals surface area contributed by atoms with Crippen LogP contribution >= 0.6 is 23.2 Å². The topological polar surface area (TPSA) is 88.9 Å². The molecule has 0 bridgehead atoms. The molecule has 0 fully saturated rings. The van der Waals surface area contributed by atoms with Crippen molar-refractivity contribution in [3.05, 3.63) is 57.8 Å². The van der Waals surface area contributed by atoms with E-state index in [0.29, 0.717) is 27.5 Å². The molecule has 0 saturated heterocycles. The summed E-state index contributed by atoms with van der Waals surface area (Å²) in [7, 11) is 0. The highest BCUT2D eigenvalue weighted by atomic mass is 35.5. The van der Waals surface area contributed by atoms with Gasteiger partial charge < -0.3 is 5.73 Å². The van der Waals surface area contributed by atoms with Gasteiger partial charge in [0.1, 0.15) is 11.8 Å². The number of amidine groups is 2. The third-order valence-corrected chi connectivity index (χ3v) is 3.44. The average Bonchev–Trinajstić information content (AvgIpc) is 2.89. The second-order valence-corrected chi connectivity index (χ2v) is 5.33. The average molecular weight is 333 g/mol. The molecule has 3 rings (SSSR count). The Morgan fingerprint density at radius 3 is 2.45 bits per heavy atom. The summed E-state index contributed by atoms with van der Waals surface area (Å²) in [6, 6.07) is 10.6. The van der Waals surface area contributed by atoms with Crippen molar-refractivity contribution in [2.24, 2.45) is 20.9 Å².